The zero-order valence-corrected chi connectivity index (χ0v) is 14.4. The highest BCUT2D eigenvalue weighted by Crippen LogP contribution is 2.28. The monoisotopic (exact) mass is 315 g/mol. The summed E-state index contributed by atoms with van der Waals surface area (Å²) >= 11 is 0. The highest BCUT2D eigenvalue weighted by atomic mass is 16.5. The number of benzene rings is 2. The molecule has 0 radical (unpaired) electrons. The summed E-state index contributed by atoms with van der Waals surface area (Å²) in [7, 11) is 1.70. The lowest BCUT2D eigenvalue weighted by molar-refractivity contribution is 0.146. The van der Waals surface area contributed by atoms with Crippen molar-refractivity contribution in [1.82, 2.24) is 5.32 Å². The van der Waals surface area contributed by atoms with Crippen LogP contribution in [-0.2, 0) is 11.3 Å². The van der Waals surface area contributed by atoms with Crippen molar-refractivity contribution < 1.29 is 9.47 Å². The van der Waals surface area contributed by atoms with E-state index in [1.54, 1.807) is 7.11 Å². The summed E-state index contributed by atoms with van der Waals surface area (Å²) in [5.41, 5.74) is 1.25. The molecule has 23 heavy (non-hydrogen) atoms. The molecule has 0 spiro atoms. The number of rotatable bonds is 11. The molecule has 126 valence electrons. The maximum absolute atomic E-state index is 5.92. The standard InChI is InChI=1S/C20H29NO2/c1-3-4-5-8-13-21-16-19-18-10-7-6-9-17(18)11-12-20(19)23-15-14-22-2/h6-7,9-12,21H,3-5,8,13-16H2,1-2H3. The van der Waals surface area contributed by atoms with Crippen LogP contribution in [-0.4, -0.2) is 26.9 Å². The van der Waals surface area contributed by atoms with Crippen LogP contribution in [0.2, 0.25) is 0 Å². The molecule has 0 amide bonds. The van der Waals surface area contributed by atoms with Crippen molar-refractivity contribution in [3.8, 4) is 5.75 Å². The van der Waals surface area contributed by atoms with Crippen LogP contribution in [0.5, 0.6) is 5.75 Å². The van der Waals surface area contributed by atoms with Crippen molar-refractivity contribution in [3.05, 3.63) is 42.0 Å². The fourth-order valence-electron chi connectivity index (χ4n) is 2.76. The van der Waals surface area contributed by atoms with Crippen LogP contribution in [0.25, 0.3) is 10.8 Å². The Bertz CT molecular complexity index is 583. The van der Waals surface area contributed by atoms with E-state index in [4.69, 9.17) is 9.47 Å². The van der Waals surface area contributed by atoms with Crippen LogP contribution in [0.15, 0.2) is 36.4 Å². The van der Waals surface area contributed by atoms with Gasteiger partial charge in [-0.3, -0.25) is 0 Å². The van der Waals surface area contributed by atoms with Gasteiger partial charge in [-0.1, -0.05) is 56.5 Å². The summed E-state index contributed by atoms with van der Waals surface area (Å²) in [5.74, 6) is 0.960. The van der Waals surface area contributed by atoms with Crippen LogP contribution in [0.4, 0.5) is 0 Å². The van der Waals surface area contributed by atoms with Gasteiger partial charge >= 0.3 is 0 Å². The average Bonchev–Trinajstić information content (AvgIpc) is 2.59. The van der Waals surface area contributed by atoms with Crippen LogP contribution in [0, 0.1) is 0 Å². The van der Waals surface area contributed by atoms with Gasteiger partial charge in [-0.15, -0.1) is 0 Å². The number of hydrogen-bond donors (Lipinski definition) is 1. The van der Waals surface area contributed by atoms with Gasteiger partial charge in [-0.05, 0) is 29.8 Å². The third kappa shape index (κ3) is 5.52. The molecule has 3 heteroatoms. The number of fused-ring (bicyclic) bond motifs is 1. The maximum atomic E-state index is 5.92. The minimum Gasteiger partial charge on any atom is -0.491 e. The molecule has 0 aliphatic carbocycles. The van der Waals surface area contributed by atoms with Crippen molar-refractivity contribution in [2.75, 3.05) is 26.9 Å². The molecule has 0 aliphatic rings. The predicted molar refractivity (Wildman–Crippen MR) is 97.2 cm³/mol. The second-order valence-corrected chi connectivity index (χ2v) is 5.84. The lowest BCUT2D eigenvalue weighted by Gasteiger charge is -2.15. The fraction of sp³-hybridized carbons (Fsp3) is 0.500. The Labute approximate surface area is 140 Å². The number of methoxy groups -OCH3 is 1. The first-order valence-corrected chi connectivity index (χ1v) is 8.70. The summed E-state index contributed by atoms with van der Waals surface area (Å²) in [5, 5.41) is 6.10. The van der Waals surface area contributed by atoms with Gasteiger partial charge in [0.05, 0.1) is 6.61 Å². The summed E-state index contributed by atoms with van der Waals surface area (Å²) in [4.78, 5) is 0. The molecule has 2 aromatic rings. The van der Waals surface area contributed by atoms with Gasteiger partial charge in [0.25, 0.3) is 0 Å². The van der Waals surface area contributed by atoms with Gasteiger partial charge in [0.15, 0.2) is 0 Å². The molecule has 0 aromatic heterocycles. The van der Waals surface area contributed by atoms with Crippen LogP contribution >= 0.6 is 0 Å². The van der Waals surface area contributed by atoms with Crippen molar-refractivity contribution >= 4 is 10.8 Å². The molecule has 0 heterocycles. The first-order chi connectivity index (χ1) is 11.4. The maximum Gasteiger partial charge on any atom is 0.124 e. The number of hydrogen-bond acceptors (Lipinski definition) is 3. The second-order valence-electron chi connectivity index (χ2n) is 5.84. The molecule has 3 nitrogen and oxygen atoms in total. The molecular weight excluding hydrogens is 286 g/mol. The molecule has 2 rings (SSSR count). The minimum atomic E-state index is 0.582. The third-order valence-electron chi connectivity index (χ3n) is 4.05. The van der Waals surface area contributed by atoms with Crippen LogP contribution in [0.1, 0.15) is 38.2 Å². The Hall–Kier alpha value is -1.58. The molecule has 0 atom stereocenters. The molecule has 0 bridgehead atoms. The van der Waals surface area contributed by atoms with E-state index in [0.29, 0.717) is 13.2 Å². The van der Waals surface area contributed by atoms with Crippen molar-refractivity contribution in [3.63, 3.8) is 0 Å². The highest BCUT2D eigenvalue weighted by molar-refractivity contribution is 5.87. The fourth-order valence-corrected chi connectivity index (χ4v) is 2.76. The van der Waals surface area contributed by atoms with Gasteiger partial charge in [0.1, 0.15) is 12.4 Å². The summed E-state index contributed by atoms with van der Waals surface area (Å²) in [6.45, 7) is 5.33. The number of nitrogens with one attached hydrogen (secondary N) is 1. The quantitative estimate of drug-likeness (QED) is 0.618. The van der Waals surface area contributed by atoms with E-state index in [1.807, 2.05) is 0 Å². The molecule has 0 aliphatic heterocycles. The van der Waals surface area contributed by atoms with Crippen LogP contribution < -0.4 is 10.1 Å². The van der Waals surface area contributed by atoms with Crippen molar-refractivity contribution in [2.45, 2.75) is 39.2 Å². The number of unbranched alkanes of at least 4 members (excludes halogenated alkanes) is 3. The first kappa shape index (κ1) is 17.8. The lowest BCUT2D eigenvalue weighted by atomic mass is 10.0. The van der Waals surface area contributed by atoms with Crippen LogP contribution in [0.3, 0.4) is 0 Å². The molecule has 0 saturated carbocycles. The van der Waals surface area contributed by atoms with Gasteiger partial charge < -0.3 is 14.8 Å². The van der Waals surface area contributed by atoms with Crippen molar-refractivity contribution in [1.29, 1.82) is 0 Å². The van der Waals surface area contributed by atoms with Gasteiger partial charge in [0, 0.05) is 19.2 Å². The normalized spacial score (nSPS) is 11.0. The Morgan fingerprint density at radius 3 is 2.65 bits per heavy atom. The largest absolute Gasteiger partial charge is 0.491 e. The SMILES string of the molecule is CCCCCCNCc1c(OCCOC)ccc2ccccc12. The van der Waals surface area contributed by atoms with E-state index in [9.17, 15) is 0 Å². The van der Waals surface area contributed by atoms with E-state index >= 15 is 0 Å². The van der Waals surface area contributed by atoms with Gasteiger partial charge in [-0.2, -0.15) is 0 Å². The molecule has 0 fully saturated rings. The Morgan fingerprint density at radius 2 is 1.83 bits per heavy atom. The van der Waals surface area contributed by atoms with E-state index in [0.717, 1.165) is 18.8 Å². The Morgan fingerprint density at radius 1 is 0.957 bits per heavy atom. The van der Waals surface area contributed by atoms with E-state index in [1.165, 1.54) is 42.0 Å². The molecule has 0 saturated heterocycles. The summed E-state index contributed by atoms with van der Waals surface area (Å²) in [6.07, 6.45) is 5.14. The average molecular weight is 315 g/mol. The molecular formula is C20H29NO2. The molecule has 2 aromatic carbocycles. The number of ether oxygens (including phenoxy) is 2. The molecule has 1 N–H and O–H groups in total. The zero-order chi connectivity index (χ0) is 16.3. The topological polar surface area (TPSA) is 30.5 Å². The third-order valence-corrected chi connectivity index (χ3v) is 4.05. The molecule has 0 unspecified atom stereocenters. The Balaban J connectivity index is 2.04. The van der Waals surface area contributed by atoms with Gasteiger partial charge in [0.2, 0.25) is 0 Å². The minimum absolute atomic E-state index is 0.582. The van der Waals surface area contributed by atoms with Crippen molar-refractivity contribution in [2.24, 2.45) is 0 Å². The zero-order valence-electron chi connectivity index (χ0n) is 14.4. The lowest BCUT2D eigenvalue weighted by Crippen LogP contribution is -2.16. The van der Waals surface area contributed by atoms with E-state index in [2.05, 4.69) is 48.6 Å². The summed E-state index contributed by atoms with van der Waals surface area (Å²) < 4.78 is 11.0. The van der Waals surface area contributed by atoms with E-state index < -0.39 is 0 Å². The Kier molecular flexibility index (Phi) is 7.91. The smallest absolute Gasteiger partial charge is 0.124 e. The van der Waals surface area contributed by atoms with Gasteiger partial charge in [-0.25, -0.2) is 0 Å². The highest BCUT2D eigenvalue weighted by Gasteiger charge is 2.08. The first-order valence-electron chi connectivity index (χ1n) is 8.70. The second kappa shape index (κ2) is 10.2. The van der Waals surface area contributed by atoms with E-state index in [-0.39, 0.29) is 0 Å². The predicted octanol–water partition coefficient (Wildman–Crippen LogP) is 4.53. The summed E-state index contributed by atoms with van der Waals surface area (Å²) in [6, 6.07) is 12.7.